The molecule has 0 spiro atoms. The summed E-state index contributed by atoms with van der Waals surface area (Å²) in [5, 5.41) is 19.0. The number of nitrogens with zero attached hydrogens (tertiary/aromatic N) is 2. The quantitative estimate of drug-likeness (QED) is 0.860. The normalized spacial score (nSPS) is 27.4. The first-order chi connectivity index (χ1) is 10.7. The molecule has 0 bridgehead atoms. The zero-order valence-corrected chi connectivity index (χ0v) is 12.1. The Kier molecular flexibility index (Phi) is 3.69. The molecule has 4 heteroatoms. The van der Waals surface area contributed by atoms with Crippen LogP contribution in [0.3, 0.4) is 0 Å². The number of halogens is 1. The SMILES string of the molecule is N#CC1=C(N)[C@@H](C#N)[C@H](c2ccc(F)cc2)[C@@H]2CCCC=C12. The van der Waals surface area contributed by atoms with Crippen LogP contribution in [0.15, 0.2) is 47.2 Å². The summed E-state index contributed by atoms with van der Waals surface area (Å²) >= 11 is 0. The zero-order chi connectivity index (χ0) is 15.7. The molecule has 110 valence electrons. The van der Waals surface area contributed by atoms with Gasteiger partial charge in [0.15, 0.2) is 0 Å². The Morgan fingerprint density at radius 2 is 1.91 bits per heavy atom. The van der Waals surface area contributed by atoms with Crippen LogP contribution in [0, 0.1) is 40.3 Å². The molecule has 22 heavy (non-hydrogen) atoms. The minimum absolute atomic E-state index is 0.103. The second-order valence-corrected chi connectivity index (χ2v) is 5.82. The lowest BCUT2D eigenvalue weighted by Gasteiger charge is -2.39. The predicted octanol–water partition coefficient (Wildman–Crippen LogP) is 3.53. The van der Waals surface area contributed by atoms with E-state index < -0.39 is 5.92 Å². The van der Waals surface area contributed by atoms with Crippen LogP contribution in [0.2, 0.25) is 0 Å². The maximum absolute atomic E-state index is 13.2. The number of hydrogen-bond donors (Lipinski definition) is 1. The molecule has 2 aliphatic rings. The standard InChI is InChI=1S/C18H16FN3/c19-12-7-5-11(6-8-12)17-14-4-2-1-3-13(14)15(9-20)18(22)16(17)10-21/h3,5-8,14,16-17H,1-2,4,22H2/t14-,16+,17-/m1/s1. The van der Waals surface area contributed by atoms with Gasteiger partial charge in [0.25, 0.3) is 0 Å². The van der Waals surface area contributed by atoms with E-state index in [2.05, 4.69) is 18.2 Å². The van der Waals surface area contributed by atoms with E-state index in [1.807, 2.05) is 0 Å². The molecule has 0 fully saturated rings. The van der Waals surface area contributed by atoms with Gasteiger partial charge >= 0.3 is 0 Å². The summed E-state index contributed by atoms with van der Waals surface area (Å²) in [6.07, 6.45) is 4.95. The van der Waals surface area contributed by atoms with Crippen LogP contribution >= 0.6 is 0 Å². The summed E-state index contributed by atoms with van der Waals surface area (Å²) in [6.45, 7) is 0. The molecule has 0 saturated heterocycles. The Hall–Kier alpha value is -2.59. The predicted molar refractivity (Wildman–Crippen MR) is 80.5 cm³/mol. The molecule has 0 saturated carbocycles. The first-order valence-electron chi connectivity index (χ1n) is 7.42. The smallest absolute Gasteiger partial charge is 0.123 e. The van der Waals surface area contributed by atoms with E-state index >= 15 is 0 Å². The van der Waals surface area contributed by atoms with Gasteiger partial charge in [-0.2, -0.15) is 10.5 Å². The molecule has 1 aromatic rings. The summed E-state index contributed by atoms with van der Waals surface area (Å²) in [6, 6.07) is 10.7. The third-order valence-electron chi connectivity index (χ3n) is 4.69. The highest BCUT2D eigenvalue weighted by Crippen LogP contribution is 2.49. The van der Waals surface area contributed by atoms with Crippen molar-refractivity contribution in [3.8, 4) is 12.1 Å². The van der Waals surface area contributed by atoms with Gasteiger partial charge in [-0.3, -0.25) is 0 Å². The van der Waals surface area contributed by atoms with Crippen LogP contribution in [-0.4, -0.2) is 0 Å². The van der Waals surface area contributed by atoms with E-state index in [-0.39, 0.29) is 17.7 Å². The van der Waals surface area contributed by atoms with Gasteiger partial charge in [0.2, 0.25) is 0 Å². The van der Waals surface area contributed by atoms with Gasteiger partial charge in [0.05, 0.1) is 17.6 Å². The fraction of sp³-hybridized carbons (Fsp3) is 0.333. The lowest BCUT2D eigenvalue weighted by atomic mass is 9.63. The van der Waals surface area contributed by atoms with Crippen molar-refractivity contribution in [2.75, 3.05) is 0 Å². The third kappa shape index (κ3) is 2.18. The summed E-state index contributed by atoms with van der Waals surface area (Å²) in [7, 11) is 0. The van der Waals surface area contributed by atoms with Crippen LogP contribution in [0.1, 0.15) is 30.7 Å². The lowest BCUT2D eigenvalue weighted by molar-refractivity contribution is 0.368. The molecular weight excluding hydrogens is 277 g/mol. The molecule has 3 nitrogen and oxygen atoms in total. The third-order valence-corrected chi connectivity index (χ3v) is 4.69. The highest BCUT2D eigenvalue weighted by molar-refractivity contribution is 5.54. The highest BCUT2D eigenvalue weighted by atomic mass is 19.1. The van der Waals surface area contributed by atoms with Crippen LogP contribution < -0.4 is 5.73 Å². The maximum Gasteiger partial charge on any atom is 0.123 e. The maximum atomic E-state index is 13.2. The van der Waals surface area contributed by atoms with E-state index in [4.69, 9.17) is 5.73 Å². The number of hydrogen-bond acceptors (Lipinski definition) is 3. The van der Waals surface area contributed by atoms with Gasteiger partial charge in [-0.25, -0.2) is 4.39 Å². The van der Waals surface area contributed by atoms with E-state index in [1.165, 1.54) is 12.1 Å². The van der Waals surface area contributed by atoms with Gasteiger partial charge in [0.1, 0.15) is 11.9 Å². The molecule has 3 atom stereocenters. The largest absolute Gasteiger partial charge is 0.400 e. The molecule has 3 rings (SSSR count). The van der Waals surface area contributed by atoms with Gasteiger partial charge in [0, 0.05) is 11.6 Å². The summed E-state index contributed by atoms with van der Waals surface area (Å²) in [4.78, 5) is 0. The van der Waals surface area contributed by atoms with Crippen LogP contribution in [0.5, 0.6) is 0 Å². The molecule has 0 radical (unpaired) electrons. The van der Waals surface area contributed by atoms with E-state index in [0.717, 1.165) is 30.4 Å². The van der Waals surface area contributed by atoms with Crippen molar-refractivity contribution in [3.05, 3.63) is 58.6 Å². The van der Waals surface area contributed by atoms with Crippen molar-refractivity contribution in [1.29, 1.82) is 10.5 Å². The van der Waals surface area contributed by atoms with Crippen molar-refractivity contribution in [3.63, 3.8) is 0 Å². The Labute approximate surface area is 129 Å². The first kappa shape index (κ1) is 14.4. The Bertz CT molecular complexity index is 731. The van der Waals surface area contributed by atoms with Crippen molar-refractivity contribution in [2.45, 2.75) is 25.2 Å². The average molecular weight is 293 g/mol. The second kappa shape index (κ2) is 5.66. The van der Waals surface area contributed by atoms with Crippen molar-refractivity contribution in [2.24, 2.45) is 17.6 Å². The number of nitrogens with two attached hydrogens (primary N) is 1. The molecule has 0 aliphatic heterocycles. The minimum atomic E-state index is -0.541. The van der Waals surface area contributed by atoms with Gasteiger partial charge < -0.3 is 5.73 Å². The van der Waals surface area contributed by atoms with E-state index in [1.54, 1.807) is 12.1 Å². The average Bonchev–Trinajstić information content (AvgIpc) is 2.55. The number of rotatable bonds is 1. The molecule has 0 aromatic heterocycles. The van der Waals surface area contributed by atoms with Crippen molar-refractivity contribution >= 4 is 0 Å². The van der Waals surface area contributed by atoms with Crippen molar-refractivity contribution in [1.82, 2.24) is 0 Å². The molecule has 1 aromatic carbocycles. The Morgan fingerprint density at radius 3 is 2.55 bits per heavy atom. The summed E-state index contributed by atoms with van der Waals surface area (Å²) < 4.78 is 13.2. The van der Waals surface area contributed by atoms with Gasteiger partial charge in [-0.15, -0.1) is 0 Å². The van der Waals surface area contributed by atoms with Crippen LogP contribution in [0.25, 0.3) is 0 Å². The first-order valence-corrected chi connectivity index (χ1v) is 7.42. The fourth-order valence-electron chi connectivity index (χ4n) is 3.70. The molecule has 2 aliphatic carbocycles. The molecule has 2 N–H and O–H groups in total. The Morgan fingerprint density at radius 1 is 1.18 bits per heavy atom. The molecule has 0 heterocycles. The van der Waals surface area contributed by atoms with Crippen LogP contribution in [-0.2, 0) is 0 Å². The Balaban J connectivity index is 2.17. The zero-order valence-electron chi connectivity index (χ0n) is 12.1. The number of benzene rings is 1. The van der Waals surface area contributed by atoms with Gasteiger partial charge in [-0.05, 0) is 48.4 Å². The number of allylic oxidation sites excluding steroid dienone is 4. The minimum Gasteiger partial charge on any atom is -0.400 e. The van der Waals surface area contributed by atoms with Gasteiger partial charge in [-0.1, -0.05) is 18.2 Å². The number of nitriles is 2. The molecule has 0 amide bonds. The topological polar surface area (TPSA) is 73.6 Å². The van der Waals surface area contributed by atoms with Crippen LogP contribution in [0.4, 0.5) is 4.39 Å². The second-order valence-electron chi connectivity index (χ2n) is 5.82. The van der Waals surface area contributed by atoms with E-state index in [0.29, 0.717) is 11.3 Å². The highest BCUT2D eigenvalue weighted by Gasteiger charge is 2.42. The molecule has 0 unspecified atom stereocenters. The summed E-state index contributed by atoms with van der Waals surface area (Å²) in [5.74, 6) is -0.853. The van der Waals surface area contributed by atoms with E-state index in [9.17, 15) is 14.9 Å². The monoisotopic (exact) mass is 293 g/mol. The lowest BCUT2D eigenvalue weighted by Crippen LogP contribution is -2.34. The fourth-order valence-corrected chi connectivity index (χ4v) is 3.70. The van der Waals surface area contributed by atoms with Crippen molar-refractivity contribution < 1.29 is 4.39 Å². The number of fused-ring (bicyclic) bond motifs is 1. The summed E-state index contributed by atoms with van der Waals surface area (Å²) in [5.41, 5.74) is 8.82. The molecular formula is C18H16FN3.